The highest BCUT2D eigenvalue weighted by atomic mass is 16.5. The third-order valence-electron chi connectivity index (χ3n) is 14.5. The first-order valence-corrected chi connectivity index (χ1v) is 22.4. The van der Waals surface area contributed by atoms with Gasteiger partial charge in [0, 0.05) is 58.7 Å². The Morgan fingerprint density at radius 1 is 1.10 bits per heavy atom. The number of hydrogen-bond acceptors (Lipinski definition) is 10. The zero-order chi connectivity index (χ0) is 42.0. The Labute approximate surface area is 358 Å². The summed E-state index contributed by atoms with van der Waals surface area (Å²) >= 11 is 0. The summed E-state index contributed by atoms with van der Waals surface area (Å²) < 4.78 is 26.0. The third kappa shape index (κ3) is 7.04. The van der Waals surface area contributed by atoms with Gasteiger partial charge in [-0.15, -0.1) is 0 Å². The molecular formula is C51H57N3O7. The van der Waals surface area contributed by atoms with Crippen molar-refractivity contribution < 1.29 is 34.0 Å². The van der Waals surface area contributed by atoms with Crippen molar-refractivity contribution in [1.29, 1.82) is 0 Å². The van der Waals surface area contributed by atoms with Crippen LogP contribution in [0.25, 0.3) is 17.2 Å². The lowest BCUT2D eigenvalue weighted by Gasteiger charge is -2.39. The molecule has 3 aromatic rings. The maximum Gasteiger partial charge on any atom is 0.302 e. The van der Waals surface area contributed by atoms with Crippen LogP contribution in [-0.4, -0.2) is 54.8 Å². The lowest BCUT2D eigenvalue weighted by atomic mass is 9.65. The highest BCUT2D eigenvalue weighted by Gasteiger charge is 2.51. The standard InChI is InChI=1S/C51H57N3O7/c1-4-30-20-32-19-29-17-18-51(24-29)25-33-21-36(56)23-43(58-3)44(33)38-16-15-37-40(27-59-28(2)55)48(61-49(37)46(38)51)45-31(9-8-12-41(32)54-50(30)52)22-42(57)47-39(45)14-13-35(26-60-47)53-34-10-6-5-7-11-34/h13-16,20-23,29,34-35,40,48,50,53-54,56-57H,4-7,9-11,17-19,24-27,52H2,1-3H3. The number of hydrogen-bond donors (Lipinski definition) is 5. The number of methoxy groups -OCH3 is 1. The van der Waals surface area contributed by atoms with Crippen molar-refractivity contribution >= 4 is 12.0 Å². The van der Waals surface area contributed by atoms with E-state index in [0.29, 0.717) is 42.9 Å². The maximum absolute atomic E-state index is 12.6. The molecule has 4 bridgehead atoms. The number of dihydropyridines is 1. The number of nitrogens with two attached hydrogens (primary N) is 1. The molecule has 1 spiro atoms. The maximum atomic E-state index is 12.6. The van der Waals surface area contributed by atoms with Gasteiger partial charge in [0.1, 0.15) is 36.6 Å². The Bertz CT molecular complexity index is 2450. The summed E-state index contributed by atoms with van der Waals surface area (Å²) in [6, 6.07) is 10.1. The van der Waals surface area contributed by atoms with Crippen molar-refractivity contribution in [2.45, 2.75) is 127 Å². The van der Waals surface area contributed by atoms with Crippen LogP contribution in [-0.2, 0) is 27.8 Å². The summed E-state index contributed by atoms with van der Waals surface area (Å²) in [6.07, 6.45) is 17.2. The number of phenolic OH excluding ortho intramolecular Hbond substituents is 2. The molecule has 318 valence electrons. The minimum absolute atomic E-state index is 0.0455. The highest BCUT2D eigenvalue weighted by Crippen LogP contribution is 2.63. The molecule has 10 rings (SSSR count). The number of phenols is 2. The van der Waals surface area contributed by atoms with E-state index in [1.807, 2.05) is 6.07 Å². The summed E-state index contributed by atoms with van der Waals surface area (Å²) in [5, 5.41) is 30.1. The lowest BCUT2D eigenvalue weighted by molar-refractivity contribution is -0.141. The van der Waals surface area contributed by atoms with Crippen LogP contribution in [0.3, 0.4) is 0 Å². The molecule has 2 fully saturated rings. The quantitative estimate of drug-likeness (QED) is 0.122. The van der Waals surface area contributed by atoms with Crippen molar-refractivity contribution in [3.05, 3.63) is 92.7 Å². The molecule has 6 atom stereocenters. The predicted octanol–water partition coefficient (Wildman–Crippen LogP) is 8.27. The van der Waals surface area contributed by atoms with Crippen LogP contribution >= 0.6 is 0 Å². The average Bonchev–Trinajstić information content (AvgIpc) is 3.74. The smallest absolute Gasteiger partial charge is 0.302 e. The molecule has 3 aliphatic carbocycles. The largest absolute Gasteiger partial charge is 0.508 e. The van der Waals surface area contributed by atoms with Gasteiger partial charge in [-0.2, -0.15) is 0 Å². The van der Waals surface area contributed by atoms with E-state index < -0.39 is 6.10 Å². The molecule has 7 aliphatic rings. The van der Waals surface area contributed by atoms with Gasteiger partial charge in [-0.3, -0.25) is 4.79 Å². The fraction of sp³-hybridized carbons (Fsp3) is 0.471. The molecule has 4 heterocycles. The molecule has 0 saturated heterocycles. The summed E-state index contributed by atoms with van der Waals surface area (Å²) in [4.78, 5) is 12.6. The molecule has 61 heavy (non-hydrogen) atoms. The number of ether oxygens (including phenoxy) is 4. The monoisotopic (exact) mass is 823 g/mol. The van der Waals surface area contributed by atoms with Gasteiger partial charge in [-0.05, 0) is 103 Å². The van der Waals surface area contributed by atoms with Crippen molar-refractivity contribution in [3.8, 4) is 51.7 Å². The third-order valence-corrected chi connectivity index (χ3v) is 14.5. The van der Waals surface area contributed by atoms with E-state index in [9.17, 15) is 15.0 Å². The van der Waals surface area contributed by atoms with Crippen LogP contribution < -0.4 is 30.6 Å². The molecule has 2 saturated carbocycles. The van der Waals surface area contributed by atoms with Crippen LogP contribution in [0.5, 0.6) is 28.7 Å². The topological polar surface area (TPSA) is 145 Å². The Hall–Kier alpha value is -5.37. The molecule has 0 radical (unpaired) electrons. The highest BCUT2D eigenvalue weighted by molar-refractivity contribution is 5.84. The minimum Gasteiger partial charge on any atom is -0.508 e. The van der Waals surface area contributed by atoms with E-state index in [0.717, 1.165) is 106 Å². The fourth-order valence-electron chi connectivity index (χ4n) is 11.8. The molecule has 3 aromatic carbocycles. The van der Waals surface area contributed by atoms with Crippen LogP contribution in [0.1, 0.15) is 123 Å². The minimum atomic E-state index is -0.600. The normalized spacial score (nSPS) is 27.1. The number of benzene rings is 3. The SMILES string of the molecule is CCC1=CC2=C(C#CCc3cc(O)c4c(c3C3Oc5c(ccc6c5C5(CCC(C2)C5)Cc2cc(O)cc(OC)c2-6)C3COC(C)=O)C=CC(NC2CCCCC2)CO4)NC1N. The molecule has 0 aromatic heterocycles. The number of carbonyl (C=O) groups is 1. The van der Waals surface area contributed by atoms with Crippen LogP contribution in [0, 0.1) is 17.8 Å². The lowest BCUT2D eigenvalue weighted by Crippen LogP contribution is -2.41. The number of nitrogens with one attached hydrogen (secondary N) is 2. The van der Waals surface area contributed by atoms with Gasteiger partial charge < -0.3 is 45.5 Å². The van der Waals surface area contributed by atoms with Crippen molar-refractivity contribution in [2.75, 3.05) is 20.3 Å². The number of aromatic hydroxyl groups is 2. The summed E-state index contributed by atoms with van der Waals surface area (Å²) in [5.41, 5.74) is 17.2. The number of esters is 1. The van der Waals surface area contributed by atoms with Gasteiger partial charge in [0.15, 0.2) is 11.5 Å². The van der Waals surface area contributed by atoms with Gasteiger partial charge in [0.05, 0.1) is 30.9 Å². The van der Waals surface area contributed by atoms with E-state index in [1.54, 1.807) is 19.2 Å². The summed E-state index contributed by atoms with van der Waals surface area (Å²) in [5.74, 6) is 8.72. The Balaban J connectivity index is 1.20. The first kappa shape index (κ1) is 39.7. The molecule has 10 nitrogen and oxygen atoms in total. The molecular weight excluding hydrogens is 767 g/mol. The second-order valence-corrected chi connectivity index (χ2v) is 18.4. The number of carbonyl (C=O) groups excluding carboxylic acids is 1. The van der Waals surface area contributed by atoms with Gasteiger partial charge >= 0.3 is 5.97 Å². The number of allylic oxidation sites excluding steroid dienone is 3. The zero-order valence-corrected chi connectivity index (χ0v) is 35.5. The van der Waals surface area contributed by atoms with E-state index in [1.165, 1.54) is 31.8 Å². The first-order chi connectivity index (χ1) is 29.6. The second kappa shape index (κ2) is 15.8. The van der Waals surface area contributed by atoms with Crippen LogP contribution in [0.4, 0.5) is 0 Å². The Kier molecular flexibility index (Phi) is 10.3. The van der Waals surface area contributed by atoms with Gasteiger partial charge in [-0.1, -0.05) is 62.5 Å². The zero-order valence-electron chi connectivity index (χ0n) is 35.5. The number of fused-ring (bicyclic) bond motifs is 8. The summed E-state index contributed by atoms with van der Waals surface area (Å²) in [6.45, 7) is 4.07. The molecule has 6 unspecified atom stereocenters. The van der Waals surface area contributed by atoms with E-state index in [4.69, 9.17) is 24.7 Å². The van der Waals surface area contributed by atoms with Crippen molar-refractivity contribution in [1.82, 2.24) is 10.6 Å². The second-order valence-electron chi connectivity index (χ2n) is 18.4. The van der Waals surface area contributed by atoms with Crippen molar-refractivity contribution in [2.24, 2.45) is 11.7 Å². The first-order valence-electron chi connectivity index (χ1n) is 22.4. The van der Waals surface area contributed by atoms with Gasteiger partial charge in [-0.25, -0.2) is 0 Å². The number of rotatable bonds is 6. The van der Waals surface area contributed by atoms with Crippen LogP contribution in [0.2, 0.25) is 0 Å². The molecule has 4 aliphatic heterocycles. The molecule has 10 heteroatoms. The average molecular weight is 824 g/mol. The van der Waals surface area contributed by atoms with E-state index in [2.05, 4.69) is 59.8 Å². The van der Waals surface area contributed by atoms with E-state index in [-0.39, 0.29) is 47.6 Å². The Morgan fingerprint density at radius 2 is 1.95 bits per heavy atom. The van der Waals surface area contributed by atoms with Crippen molar-refractivity contribution in [3.63, 3.8) is 0 Å². The Morgan fingerprint density at radius 3 is 2.75 bits per heavy atom. The fourth-order valence-corrected chi connectivity index (χ4v) is 11.8. The predicted molar refractivity (Wildman–Crippen MR) is 235 cm³/mol. The summed E-state index contributed by atoms with van der Waals surface area (Å²) in [7, 11) is 1.65. The van der Waals surface area contributed by atoms with Gasteiger partial charge in [0.2, 0.25) is 0 Å². The van der Waals surface area contributed by atoms with E-state index >= 15 is 0 Å². The van der Waals surface area contributed by atoms with Crippen LogP contribution in [0.15, 0.2) is 59.3 Å². The molecule has 0 amide bonds. The van der Waals surface area contributed by atoms with Gasteiger partial charge in [0.25, 0.3) is 0 Å². The molecule has 6 N–H and O–H groups in total.